The lowest BCUT2D eigenvalue weighted by molar-refractivity contribution is 0.596. The van der Waals surface area contributed by atoms with E-state index in [1.54, 1.807) is 12.1 Å². The first-order valence-corrected chi connectivity index (χ1v) is 9.53. The SMILES string of the molecule is NS(=O)(=O)c1cc(S(=O)(=O)c2ccc(Br)cc2)cs1. The summed E-state index contributed by atoms with van der Waals surface area (Å²) in [6, 6.07) is 7.14. The van der Waals surface area contributed by atoms with Crippen LogP contribution >= 0.6 is 27.3 Å². The quantitative estimate of drug-likeness (QED) is 0.879. The molecule has 2 rings (SSSR count). The van der Waals surface area contributed by atoms with Crippen molar-refractivity contribution in [3.63, 3.8) is 0 Å². The van der Waals surface area contributed by atoms with Crippen LogP contribution in [-0.4, -0.2) is 16.8 Å². The van der Waals surface area contributed by atoms with Gasteiger partial charge >= 0.3 is 0 Å². The van der Waals surface area contributed by atoms with Crippen LogP contribution in [0.15, 0.2) is 54.2 Å². The van der Waals surface area contributed by atoms with E-state index in [0.29, 0.717) is 0 Å². The molecule has 0 aliphatic rings. The summed E-state index contributed by atoms with van der Waals surface area (Å²) in [6.07, 6.45) is 0. The maximum absolute atomic E-state index is 12.2. The van der Waals surface area contributed by atoms with Crippen LogP contribution in [0.3, 0.4) is 0 Å². The molecule has 5 nitrogen and oxygen atoms in total. The number of sulfone groups is 1. The molecule has 0 fully saturated rings. The molecule has 0 spiro atoms. The molecule has 1 aromatic carbocycles. The number of hydrogen-bond donors (Lipinski definition) is 1. The number of thiophene rings is 1. The molecule has 2 N–H and O–H groups in total. The predicted molar refractivity (Wildman–Crippen MR) is 75.3 cm³/mol. The molecule has 2 aromatic rings. The van der Waals surface area contributed by atoms with Gasteiger partial charge in [0.1, 0.15) is 4.21 Å². The summed E-state index contributed by atoms with van der Waals surface area (Å²) in [6.45, 7) is 0. The smallest absolute Gasteiger partial charge is 0.224 e. The number of halogens is 1. The Labute approximate surface area is 123 Å². The second-order valence-electron chi connectivity index (χ2n) is 3.60. The lowest BCUT2D eigenvalue weighted by atomic mass is 10.4. The summed E-state index contributed by atoms with van der Waals surface area (Å²) in [5, 5.41) is 6.21. The Balaban J connectivity index is 2.51. The van der Waals surface area contributed by atoms with Gasteiger partial charge in [-0.05, 0) is 30.3 Å². The maximum atomic E-state index is 12.2. The van der Waals surface area contributed by atoms with Crippen molar-refractivity contribution in [2.24, 2.45) is 5.14 Å². The predicted octanol–water partition coefficient (Wildman–Crippen LogP) is 1.99. The van der Waals surface area contributed by atoms with Crippen LogP contribution in [-0.2, 0) is 19.9 Å². The van der Waals surface area contributed by atoms with Gasteiger partial charge in [0.25, 0.3) is 0 Å². The Morgan fingerprint density at radius 1 is 1.00 bits per heavy atom. The van der Waals surface area contributed by atoms with Gasteiger partial charge in [-0.2, -0.15) is 0 Å². The first kappa shape index (κ1) is 14.7. The summed E-state index contributed by atoms with van der Waals surface area (Å²) in [4.78, 5) is 0.0123. The molecule has 1 heterocycles. The molecular weight excluding hydrogens is 374 g/mol. The van der Waals surface area contributed by atoms with Crippen LogP contribution in [0.5, 0.6) is 0 Å². The third kappa shape index (κ3) is 3.06. The minimum atomic E-state index is -3.88. The summed E-state index contributed by atoms with van der Waals surface area (Å²) in [5.41, 5.74) is 0. The Morgan fingerprint density at radius 2 is 1.58 bits per heavy atom. The fraction of sp³-hybridized carbons (Fsp3) is 0. The first-order valence-electron chi connectivity index (χ1n) is 4.83. The summed E-state index contributed by atoms with van der Waals surface area (Å²) in [5.74, 6) is 0. The standard InChI is InChI=1S/C10H8BrNO4S3/c11-7-1-3-8(4-2-7)18(13,14)9-5-10(17-6-9)19(12,15)16/h1-6H,(H2,12,15,16). The highest BCUT2D eigenvalue weighted by molar-refractivity contribution is 9.10. The number of hydrogen-bond acceptors (Lipinski definition) is 5. The molecule has 0 aliphatic heterocycles. The van der Waals surface area contributed by atoms with E-state index < -0.39 is 19.9 Å². The average Bonchev–Trinajstić information content (AvgIpc) is 2.79. The molecule has 0 saturated heterocycles. The zero-order chi connectivity index (χ0) is 14.3. The number of rotatable bonds is 3. The van der Waals surface area contributed by atoms with Crippen molar-refractivity contribution in [1.82, 2.24) is 0 Å². The van der Waals surface area contributed by atoms with Crippen LogP contribution in [0.1, 0.15) is 0 Å². The molecule has 0 atom stereocenters. The molecule has 0 aliphatic carbocycles. The van der Waals surface area contributed by atoms with Gasteiger partial charge in [0.2, 0.25) is 19.9 Å². The molecule has 0 bridgehead atoms. The van der Waals surface area contributed by atoms with Gasteiger partial charge in [-0.1, -0.05) is 15.9 Å². The van der Waals surface area contributed by atoms with E-state index in [2.05, 4.69) is 15.9 Å². The van der Waals surface area contributed by atoms with E-state index in [4.69, 9.17) is 5.14 Å². The van der Waals surface area contributed by atoms with Crippen LogP contribution in [0.4, 0.5) is 0 Å². The van der Waals surface area contributed by atoms with Gasteiger partial charge in [0, 0.05) is 9.85 Å². The van der Waals surface area contributed by atoms with Crippen LogP contribution in [0, 0.1) is 0 Å². The van der Waals surface area contributed by atoms with Gasteiger partial charge in [0.05, 0.1) is 9.79 Å². The van der Waals surface area contributed by atoms with E-state index in [-0.39, 0.29) is 14.0 Å². The van der Waals surface area contributed by atoms with E-state index in [9.17, 15) is 16.8 Å². The van der Waals surface area contributed by atoms with Gasteiger partial charge in [-0.3, -0.25) is 0 Å². The van der Waals surface area contributed by atoms with Crippen molar-refractivity contribution in [3.8, 4) is 0 Å². The van der Waals surface area contributed by atoms with Crippen LogP contribution in [0.25, 0.3) is 0 Å². The van der Waals surface area contributed by atoms with Gasteiger partial charge in [-0.15, -0.1) is 11.3 Å². The topological polar surface area (TPSA) is 94.3 Å². The number of benzene rings is 1. The zero-order valence-corrected chi connectivity index (χ0v) is 13.3. The maximum Gasteiger partial charge on any atom is 0.247 e. The molecule has 0 radical (unpaired) electrons. The lowest BCUT2D eigenvalue weighted by Gasteiger charge is -2.01. The largest absolute Gasteiger partial charge is 0.247 e. The molecule has 102 valence electrons. The molecule has 0 unspecified atom stereocenters. The second-order valence-corrected chi connectivity index (χ2v) is 9.17. The number of sulfonamides is 1. The Hall–Kier alpha value is -0.740. The minimum absolute atomic E-state index is 0.0798. The molecule has 1 aromatic heterocycles. The van der Waals surface area contributed by atoms with E-state index >= 15 is 0 Å². The molecule has 19 heavy (non-hydrogen) atoms. The van der Waals surface area contributed by atoms with Crippen molar-refractivity contribution < 1.29 is 16.8 Å². The Morgan fingerprint density at radius 3 is 2.05 bits per heavy atom. The normalized spacial score (nSPS) is 12.5. The third-order valence-electron chi connectivity index (χ3n) is 2.27. The Kier molecular flexibility index (Phi) is 3.85. The molecule has 0 saturated carbocycles. The van der Waals surface area contributed by atoms with Gasteiger partial charge < -0.3 is 0 Å². The monoisotopic (exact) mass is 381 g/mol. The highest BCUT2D eigenvalue weighted by Gasteiger charge is 2.22. The minimum Gasteiger partial charge on any atom is -0.224 e. The zero-order valence-electron chi connectivity index (χ0n) is 9.28. The fourth-order valence-corrected chi connectivity index (χ4v) is 4.91. The van der Waals surface area contributed by atoms with Crippen molar-refractivity contribution >= 4 is 47.1 Å². The van der Waals surface area contributed by atoms with Crippen molar-refractivity contribution in [2.45, 2.75) is 14.0 Å². The van der Waals surface area contributed by atoms with E-state index in [0.717, 1.165) is 21.9 Å². The van der Waals surface area contributed by atoms with Crippen molar-refractivity contribution in [1.29, 1.82) is 0 Å². The van der Waals surface area contributed by atoms with Crippen LogP contribution < -0.4 is 5.14 Å². The second kappa shape index (κ2) is 4.98. The van der Waals surface area contributed by atoms with E-state index in [1.807, 2.05) is 0 Å². The summed E-state index contributed by atoms with van der Waals surface area (Å²) >= 11 is 3.99. The van der Waals surface area contributed by atoms with Crippen molar-refractivity contribution in [2.75, 3.05) is 0 Å². The number of nitrogens with two attached hydrogens (primary N) is 1. The first-order chi connectivity index (χ1) is 8.71. The average molecular weight is 382 g/mol. The number of primary sulfonamides is 1. The van der Waals surface area contributed by atoms with Crippen LogP contribution in [0.2, 0.25) is 0 Å². The lowest BCUT2D eigenvalue weighted by Crippen LogP contribution is -2.10. The summed E-state index contributed by atoms with van der Waals surface area (Å²) < 4.78 is 47.3. The molecular formula is C10H8BrNO4S3. The molecule has 0 amide bonds. The summed E-state index contributed by atoms with van der Waals surface area (Å²) in [7, 11) is -7.61. The highest BCUT2D eigenvalue weighted by atomic mass is 79.9. The fourth-order valence-electron chi connectivity index (χ4n) is 1.34. The van der Waals surface area contributed by atoms with E-state index in [1.165, 1.54) is 17.5 Å². The van der Waals surface area contributed by atoms with Crippen molar-refractivity contribution in [3.05, 3.63) is 40.2 Å². The van der Waals surface area contributed by atoms with Gasteiger partial charge in [0.15, 0.2) is 0 Å². The Bertz CT molecular complexity index is 807. The third-order valence-corrected chi connectivity index (χ3v) is 7.08. The molecule has 9 heteroatoms. The highest BCUT2D eigenvalue weighted by Crippen LogP contribution is 2.28. The van der Waals surface area contributed by atoms with Gasteiger partial charge in [-0.25, -0.2) is 22.0 Å².